The highest BCUT2D eigenvalue weighted by atomic mass is 16.6. The minimum atomic E-state index is -1.18. The van der Waals surface area contributed by atoms with Crippen molar-refractivity contribution in [1.82, 2.24) is 0 Å². The van der Waals surface area contributed by atoms with Gasteiger partial charge in [0.1, 0.15) is 17.7 Å². The quantitative estimate of drug-likeness (QED) is 0.547. The molecule has 3 fully saturated rings. The Morgan fingerprint density at radius 1 is 1.23 bits per heavy atom. The van der Waals surface area contributed by atoms with Gasteiger partial charge in [0.15, 0.2) is 11.5 Å². The van der Waals surface area contributed by atoms with E-state index in [-0.39, 0.29) is 10.4 Å². The second kappa shape index (κ2) is 4.55. The molecule has 6 rings (SSSR count). The summed E-state index contributed by atoms with van der Waals surface area (Å²) < 4.78 is 5.76. The van der Waals surface area contributed by atoms with Gasteiger partial charge >= 0.3 is 0 Å². The number of phenolic OH excluding ortho intramolecular Hbond substituents is 1. The molecule has 6 heteroatoms. The maximum atomic E-state index is 13.9. The molecule has 1 aromatic rings. The molecule has 140 valence electrons. The summed E-state index contributed by atoms with van der Waals surface area (Å²) in [6.45, 7) is 1.04. The van der Waals surface area contributed by atoms with Crippen LogP contribution in [-0.4, -0.2) is 56.9 Å². The van der Waals surface area contributed by atoms with Crippen LogP contribution in [0.2, 0.25) is 0 Å². The van der Waals surface area contributed by atoms with Gasteiger partial charge in [-0.15, -0.1) is 0 Å². The maximum absolute atomic E-state index is 13.9. The van der Waals surface area contributed by atoms with Gasteiger partial charge in [-0.25, -0.2) is 0 Å². The number of quaternary nitrogens is 1. The average Bonchev–Trinajstić information content (AvgIpc) is 3.32. The summed E-state index contributed by atoms with van der Waals surface area (Å²) in [5, 5.41) is 46.9. The molecular formula is C20H25NO5. The van der Waals surface area contributed by atoms with Gasteiger partial charge in [-0.3, -0.25) is 0 Å². The van der Waals surface area contributed by atoms with E-state index in [1.807, 2.05) is 6.07 Å². The van der Waals surface area contributed by atoms with Crippen LogP contribution in [0, 0.1) is 11.1 Å². The van der Waals surface area contributed by atoms with Gasteiger partial charge in [0.2, 0.25) is 0 Å². The van der Waals surface area contributed by atoms with Crippen molar-refractivity contribution < 1.29 is 24.7 Å². The van der Waals surface area contributed by atoms with Crippen LogP contribution in [0.5, 0.6) is 11.5 Å². The number of aliphatic hydroxyl groups is 2. The van der Waals surface area contributed by atoms with E-state index in [1.54, 1.807) is 6.07 Å². The minimum absolute atomic E-state index is 0.0620. The second-order valence-corrected chi connectivity index (χ2v) is 9.26. The first-order chi connectivity index (χ1) is 12.4. The fourth-order valence-corrected chi connectivity index (χ4v) is 6.73. The van der Waals surface area contributed by atoms with Crippen LogP contribution in [0.3, 0.4) is 0 Å². The van der Waals surface area contributed by atoms with E-state index in [0.717, 1.165) is 24.0 Å². The van der Waals surface area contributed by atoms with E-state index in [1.165, 1.54) is 0 Å². The van der Waals surface area contributed by atoms with Crippen LogP contribution in [0.25, 0.3) is 0 Å². The van der Waals surface area contributed by atoms with Gasteiger partial charge < -0.3 is 29.9 Å². The molecule has 0 aromatic heterocycles. The van der Waals surface area contributed by atoms with Crippen LogP contribution < -0.4 is 4.74 Å². The maximum Gasteiger partial charge on any atom is 0.165 e. The van der Waals surface area contributed by atoms with E-state index in [0.29, 0.717) is 50.4 Å². The summed E-state index contributed by atoms with van der Waals surface area (Å²) in [5.41, 5.74) is -0.0968. The number of ether oxygens (including phenoxy) is 1. The third-order valence-electron chi connectivity index (χ3n) is 8.02. The summed E-state index contributed by atoms with van der Waals surface area (Å²) in [4.78, 5) is 0. The number of rotatable bonds is 2. The van der Waals surface area contributed by atoms with Crippen molar-refractivity contribution in [2.45, 2.75) is 67.8 Å². The van der Waals surface area contributed by atoms with Crippen molar-refractivity contribution in [3.05, 3.63) is 28.5 Å². The number of aliphatic hydroxyl groups excluding tert-OH is 1. The van der Waals surface area contributed by atoms with E-state index in [4.69, 9.17) is 4.74 Å². The summed E-state index contributed by atoms with van der Waals surface area (Å²) in [7, 11) is 0. The average molecular weight is 359 g/mol. The number of hydrogen-bond donors (Lipinski definition) is 3. The molecule has 6 atom stereocenters. The Labute approximate surface area is 152 Å². The zero-order chi connectivity index (χ0) is 17.9. The Morgan fingerprint density at radius 2 is 2.04 bits per heavy atom. The van der Waals surface area contributed by atoms with Gasteiger partial charge in [0.05, 0.1) is 24.6 Å². The molecule has 5 aliphatic rings. The monoisotopic (exact) mass is 359 g/mol. The van der Waals surface area contributed by atoms with Crippen LogP contribution in [0.15, 0.2) is 12.1 Å². The first-order valence-electron chi connectivity index (χ1n) is 9.89. The first-order valence-corrected chi connectivity index (χ1v) is 9.89. The number of benzene rings is 1. The van der Waals surface area contributed by atoms with Crippen LogP contribution in [0.4, 0.5) is 0 Å². The highest BCUT2D eigenvalue weighted by Crippen LogP contribution is 2.66. The Hall–Kier alpha value is -1.34. The van der Waals surface area contributed by atoms with Crippen molar-refractivity contribution in [2.24, 2.45) is 5.92 Å². The smallest absolute Gasteiger partial charge is 0.165 e. The summed E-state index contributed by atoms with van der Waals surface area (Å²) >= 11 is 0. The number of likely N-dealkylation sites (tertiary alicyclic amines) is 1. The van der Waals surface area contributed by atoms with E-state index in [9.17, 15) is 20.5 Å². The SMILES string of the molecule is [O-][N+]1(CC2CC2)CC[C@]23c4c5ccc(O)c4O[C@H]2[C@@H](O)CC[C@@]3(O)[C@H]1C5. The van der Waals surface area contributed by atoms with Gasteiger partial charge in [0, 0.05) is 24.3 Å². The molecule has 26 heavy (non-hydrogen) atoms. The highest BCUT2D eigenvalue weighted by Gasteiger charge is 2.75. The Balaban J connectivity index is 1.59. The molecule has 1 saturated heterocycles. The number of piperidine rings is 1. The molecule has 6 nitrogen and oxygen atoms in total. The third-order valence-corrected chi connectivity index (χ3v) is 8.02. The van der Waals surface area contributed by atoms with Crippen LogP contribution in [-0.2, 0) is 11.8 Å². The summed E-state index contributed by atoms with van der Waals surface area (Å²) in [5.74, 6) is 0.970. The van der Waals surface area contributed by atoms with Crippen molar-refractivity contribution in [2.75, 3.05) is 13.1 Å². The molecule has 0 radical (unpaired) electrons. The van der Waals surface area contributed by atoms with Gasteiger partial charge in [-0.05, 0) is 37.3 Å². The molecule has 3 N–H and O–H groups in total. The van der Waals surface area contributed by atoms with Crippen molar-refractivity contribution in [3.63, 3.8) is 0 Å². The lowest BCUT2D eigenvalue weighted by molar-refractivity contribution is -0.924. The Kier molecular flexibility index (Phi) is 2.75. The zero-order valence-corrected chi connectivity index (χ0v) is 14.7. The number of nitrogens with zero attached hydrogens (tertiary/aromatic N) is 1. The first kappa shape index (κ1) is 15.7. The second-order valence-electron chi connectivity index (χ2n) is 9.26. The lowest BCUT2D eigenvalue weighted by Gasteiger charge is -2.67. The van der Waals surface area contributed by atoms with Gasteiger partial charge in [0.25, 0.3) is 0 Å². The van der Waals surface area contributed by atoms with Gasteiger partial charge in [-0.2, -0.15) is 0 Å². The number of aromatic hydroxyl groups is 1. The molecule has 1 spiro atoms. The highest BCUT2D eigenvalue weighted by molar-refractivity contribution is 5.62. The zero-order valence-electron chi connectivity index (χ0n) is 14.7. The van der Waals surface area contributed by atoms with Gasteiger partial charge in [-0.1, -0.05) is 6.07 Å². The topological polar surface area (TPSA) is 93.0 Å². The van der Waals surface area contributed by atoms with E-state index < -0.39 is 29.3 Å². The molecule has 2 saturated carbocycles. The van der Waals surface area contributed by atoms with Crippen LogP contribution >= 0.6 is 0 Å². The minimum Gasteiger partial charge on any atom is -0.632 e. The van der Waals surface area contributed by atoms with Crippen LogP contribution in [0.1, 0.15) is 43.2 Å². The fourth-order valence-electron chi connectivity index (χ4n) is 6.73. The lowest BCUT2D eigenvalue weighted by atomic mass is 9.48. The predicted octanol–water partition coefficient (Wildman–Crippen LogP) is 1.33. The normalized spacial score (nSPS) is 48.0. The van der Waals surface area contributed by atoms with E-state index in [2.05, 4.69) is 0 Å². The largest absolute Gasteiger partial charge is 0.632 e. The Bertz CT molecular complexity index is 810. The molecule has 2 bridgehead atoms. The van der Waals surface area contributed by atoms with E-state index >= 15 is 0 Å². The Morgan fingerprint density at radius 3 is 2.81 bits per heavy atom. The molecule has 1 aromatic carbocycles. The van der Waals surface area contributed by atoms with Crippen molar-refractivity contribution in [1.29, 1.82) is 0 Å². The van der Waals surface area contributed by atoms with Crippen molar-refractivity contribution >= 4 is 0 Å². The standard InChI is InChI=1S/C20H25NO5/c22-13-4-3-12-9-15-20(24)6-5-14(23)18-19(20,16(12)17(13)26-18)7-8-21(15,25)10-11-1-2-11/h3-4,11,14-15,18,22-24H,1-2,5-10H2/t14-,15+,18-,19-,20+,21?/m0/s1. The molecule has 1 unspecified atom stereocenters. The molecule has 0 amide bonds. The number of hydroxylamine groups is 3. The third kappa shape index (κ3) is 1.59. The molecule has 2 heterocycles. The number of phenols is 1. The predicted molar refractivity (Wildman–Crippen MR) is 92.6 cm³/mol. The molecular weight excluding hydrogens is 334 g/mol. The molecule has 3 aliphatic carbocycles. The number of hydrogen-bond acceptors (Lipinski definition) is 5. The fraction of sp³-hybridized carbons (Fsp3) is 0.700. The lowest BCUT2D eigenvalue weighted by Crippen LogP contribution is -2.80. The molecule has 2 aliphatic heterocycles. The summed E-state index contributed by atoms with van der Waals surface area (Å²) in [6, 6.07) is 3.08. The summed E-state index contributed by atoms with van der Waals surface area (Å²) in [6.07, 6.45) is 2.83. The van der Waals surface area contributed by atoms with Crippen molar-refractivity contribution in [3.8, 4) is 11.5 Å².